The quantitative estimate of drug-likeness (QED) is 0.438. The summed E-state index contributed by atoms with van der Waals surface area (Å²) in [5, 5.41) is 9.74. The first-order chi connectivity index (χ1) is 12.5. The summed E-state index contributed by atoms with van der Waals surface area (Å²) < 4.78 is 1.89. The standard InChI is InChI=1S/C19H19N5OS/c1-10-9-11(2)24-18(20-10)22-23-19(24)26-13(4)17(25)16-12(3)21-15-8-6-5-7-14(15)16/h5-9,13,21H,1-4H3/t13-/m0/s1. The minimum Gasteiger partial charge on any atom is -0.358 e. The Bertz CT molecular complexity index is 1140. The number of H-pyrrole nitrogens is 1. The SMILES string of the molecule is Cc1cc(C)n2c(S[C@@H](C)C(=O)c3c(C)[nH]c4ccccc34)nnc2n1. The highest BCUT2D eigenvalue weighted by Crippen LogP contribution is 2.29. The molecule has 1 N–H and O–H groups in total. The zero-order chi connectivity index (χ0) is 18.4. The molecule has 0 saturated heterocycles. The first kappa shape index (κ1) is 16.8. The molecule has 3 aromatic heterocycles. The minimum atomic E-state index is -0.291. The first-order valence-electron chi connectivity index (χ1n) is 8.43. The normalized spacial score (nSPS) is 12.8. The Morgan fingerprint density at radius 3 is 2.77 bits per heavy atom. The molecular formula is C19H19N5OS. The minimum absolute atomic E-state index is 0.0828. The molecule has 1 aromatic carbocycles. The van der Waals surface area contributed by atoms with Gasteiger partial charge in [0.05, 0.1) is 5.25 Å². The molecule has 0 aliphatic rings. The van der Waals surface area contributed by atoms with Gasteiger partial charge in [0.15, 0.2) is 10.9 Å². The van der Waals surface area contributed by atoms with Crippen molar-refractivity contribution in [1.82, 2.24) is 24.6 Å². The third-order valence-electron chi connectivity index (χ3n) is 4.45. The molecule has 0 aliphatic heterocycles. The van der Waals surface area contributed by atoms with Crippen molar-refractivity contribution in [2.75, 3.05) is 0 Å². The Hall–Kier alpha value is -2.67. The van der Waals surface area contributed by atoms with E-state index in [1.807, 2.05) is 62.4 Å². The monoisotopic (exact) mass is 365 g/mol. The lowest BCUT2D eigenvalue weighted by atomic mass is 10.1. The molecule has 4 rings (SSSR count). The van der Waals surface area contributed by atoms with Crippen molar-refractivity contribution < 1.29 is 4.79 Å². The van der Waals surface area contributed by atoms with Crippen LogP contribution in [0, 0.1) is 20.8 Å². The maximum absolute atomic E-state index is 13.1. The average molecular weight is 365 g/mol. The lowest BCUT2D eigenvalue weighted by Gasteiger charge is -2.10. The fraction of sp³-hybridized carbons (Fsp3) is 0.263. The van der Waals surface area contributed by atoms with Crippen molar-refractivity contribution in [3.8, 4) is 0 Å². The number of aromatic nitrogens is 5. The van der Waals surface area contributed by atoms with Gasteiger partial charge < -0.3 is 4.98 Å². The Morgan fingerprint density at radius 1 is 1.19 bits per heavy atom. The van der Waals surface area contributed by atoms with Crippen molar-refractivity contribution >= 4 is 34.2 Å². The molecule has 3 heterocycles. The van der Waals surface area contributed by atoms with Crippen LogP contribution in [0.15, 0.2) is 35.5 Å². The van der Waals surface area contributed by atoms with Gasteiger partial charge in [-0.15, -0.1) is 10.2 Å². The highest BCUT2D eigenvalue weighted by Gasteiger charge is 2.24. The maximum Gasteiger partial charge on any atom is 0.256 e. The number of ketones is 1. The second kappa shape index (κ2) is 6.25. The second-order valence-electron chi connectivity index (χ2n) is 6.45. The van der Waals surface area contributed by atoms with E-state index in [1.54, 1.807) is 0 Å². The van der Waals surface area contributed by atoms with Crippen molar-refractivity contribution in [2.24, 2.45) is 0 Å². The van der Waals surface area contributed by atoms with E-state index in [1.165, 1.54) is 11.8 Å². The molecule has 1 atom stereocenters. The topological polar surface area (TPSA) is 75.9 Å². The van der Waals surface area contributed by atoms with Crippen LogP contribution in [-0.2, 0) is 0 Å². The van der Waals surface area contributed by atoms with Crippen molar-refractivity contribution in [3.05, 3.63) is 53.0 Å². The Kier molecular flexibility index (Phi) is 4.03. The van der Waals surface area contributed by atoms with E-state index >= 15 is 0 Å². The summed E-state index contributed by atoms with van der Waals surface area (Å²) in [4.78, 5) is 20.8. The number of thioether (sulfide) groups is 1. The lowest BCUT2D eigenvalue weighted by molar-refractivity contribution is 0.0995. The number of nitrogens with one attached hydrogen (secondary N) is 1. The Morgan fingerprint density at radius 2 is 1.96 bits per heavy atom. The number of aromatic amines is 1. The molecule has 132 valence electrons. The summed E-state index contributed by atoms with van der Waals surface area (Å²) in [7, 11) is 0. The summed E-state index contributed by atoms with van der Waals surface area (Å²) in [6.07, 6.45) is 0. The van der Waals surface area contributed by atoms with Gasteiger partial charge in [-0.05, 0) is 39.8 Å². The summed E-state index contributed by atoms with van der Waals surface area (Å²) in [6, 6.07) is 9.86. The number of carbonyl (C=O) groups is 1. The number of hydrogen-bond acceptors (Lipinski definition) is 5. The first-order valence-corrected chi connectivity index (χ1v) is 9.31. The number of fused-ring (bicyclic) bond motifs is 2. The van der Waals surface area contributed by atoms with Gasteiger partial charge in [0.2, 0.25) is 0 Å². The fourth-order valence-electron chi connectivity index (χ4n) is 3.29. The molecule has 0 unspecified atom stereocenters. The second-order valence-corrected chi connectivity index (χ2v) is 7.76. The van der Waals surface area contributed by atoms with Gasteiger partial charge in [-0.1, -0.05) is 30.0 Å². The summed E-state index contributed by atoms with van der Waals surface area (Å²) >= 11 is 1.41. The number of hydrogen-bond donors (Lipinski definition) is 1. The van der Waals surface area contributed by atoms with Gasteiger partial charge in [0.25, 0.3) is 5.78 Å². The van der Waals surface area contributed by atoms with Gasteiger partial charge >= 0.3 is 0 Å². The van der Waals surface area contributed by atoms with E-state index in [2.05, 4.69) is 20.2 Å². The van der Waals surface area contributed by atoms with E-state index in [9.17, 15) is 4.79 Å². The van der Waals surface area contributed by atoms with Crippen LogP contribution in [-0.4, -0.2) is 35.6 Å². The number of carbonyl (C=O) groups excluding carboxylic acids is 1. The molecular weight excluding hydrogens is 346 g/mol. The van der Waals surface area contributed by atoms with Crippen LogP contribution in [0.25, 0.3) is 16.7 Å². The molecule has 6 nitrogen and oxygen atoms in total. The molecule has 0 bridgehead atoms. The molecule has 26 heavy (non-hydrogen) atoms. The predicted octanol–water partition coefficient (Wildman–Crippen LogP) is 3.89. The van der Waals surface area contributed by atoms with E-state index in [0.29, 0.717) is 10.9 Å². The van der Waals surface area contributed by atoms with Crippen LogP contribution in [0.1, 0.15) is 34.4 Å². The van der Waals surface area contributed by atoms with E-state index in [0.717, 1.165) is 33.5 Å². The van der Waals surface area contributed by atoms with Crippen LogP contribution < -0.4 is 0 Å². The number of Topliss-reactive ketones (excluding diaryl/α,β-unsaturated/α-hetero) is 1. The molecule has 0 aliphatic carbocycles. The van der Waals surface area contributed by atoms with E-state index in [4.69, 9.17) is 0 Å². The van der Waals surface area contributed by atoms with E-state index < -0.39 is 0 Å². The molecule has 0 radical (unpaired) electrons. The van der Waals surface area contributed by atoms with Crippen molar-refractivity contribution in [1.29, 1.82) is 0 Å². The number of para-hydroxylation sites is 1. The zero-order valence-corrected chi connectivity index (χ0v) is 15.9. The molecule has 0 saturated carbocycles. The summed E-state index contributed by atoms with van der Waals surface area (Å²) in [5.41, 5.74) is 4.53. The van der Waals surface area contributed by atoms with Crippen molar-refractivity contribution in [3.63, 3.8) is 0 Å². The number of benzene rings is 1. The largest absolute Gasteiger partial charge is 0.358 e. The fourth-order valence-corrected chi connectivity index (χ4v) is 4.25. The maximum atomic E-state index is 13.1. The third kappa shape index (κ3) is 2.68. The third-order valence-corrected chi connectivity index (χ3v) is 5.50. The highest BCUT2D eigenvalue weighted by atomic mass is 32.2. The highest BCUT2D eigenvalue weighted by molar-refractivity contribution is 8.00. The predicted molar refractivity (Wildman–Crippen MR) is 103 cm³/mol. The van der Waals surface area contributed by atoms with Crippen LogP contribution in [0.3, 0.4) is 0 Å². The zero-order valence-electron chi connectivity index (χ0n) is 15.1. The number of rotatable bonds is 4. The summed E-state index contributed by atoms with van der Waals surface area (Å²) in [5.74, 6) is 0.646. The Balaban J connectivity index is 1.69. The van der Waals surface area contributed by atoms with Gasteiger partial charge in [0.1, 0.15) is 0 Å². The lowest BCUT2D eigenvalue weighted by Crippen LogP contribution is -2.15. The van der Waals surface area contributed by atoms with Gasteiger partial charge in [0, 0.05) is 33.5 Å². The van der Waals surface area contributed by atoms with Crippen LogP contribution >= 0.6 is 11.8 Å². The van der Waals surface area contributed by atoms with Gasteiger partial charge in [-0.25, -0.2) is 4.98 Å². The van der Waals surface area contributed by atoms with Crippen LogP contribution in [0.5, 0.6) is 0 Å². The van der Waals surface area contributed by atoms with Gasteiger partial charge in [-0.2, -0.15) is 0 Å². The molecule has 4 aromatic rings. The average Bonchev–Trinajstić information content (AvgIpc) is 3.14. The molecule has 0 fully saturated rings. The van der Waals surface area contributed by atoms with Gasteiger partial charge in [-0.3, -0.25) is 9.20 Å². The smallest absolute Gasteiger partial charge is 0.256 e. The Labute approximate surface area is 155 Å². The van der Waals surface area contributed by atoms with Crippen LogP contribution in [0.2, 0.25) is 0 Å². The molecule has 0 spiro atoms. The summed E-state index contributed by atoms with van der Waals surface area (Å²) in [6.45, 7) is 7.77. The van der Waals surface area contributed by atoms with Crippen LogP contribution in [0.4, 0.5) is 0 Å². The molecule has 7 heteroatoms. The van der Waals surface area contributed by atoms with E-state index in [-0.39, 0.29) is 11.0 Å². The molecule has 0 amide bonds. The number of aryl methyl sites for hydroxylation is 3. The van der Waals surface area contributed by atoms with Crippen molar-refractivity contribution in [2.45, 2.75) is 38.1 Å². The number of nitrogens with zero attached hydrogens (tertiary/aromatic N) is 4.